The second-order valence-electron chi connectivity index (χ2n) is 5.44. The predicted molar refractivity (Wildman–Crippen MR) is 91.6 cm³/mol. The lowest BCUT2D eigenvalue weighted by Gasteiger charge is -2.32. The molecular formula is C15H20N4OS2. The van der Waals surface area contributed by atoms with Crippen LogP contribution < -0.4 is 0 Å². The van der Waals surface area contributed by atoms with Crippen molar-refractivity contribution in [2.45, 2.75) is 18.4 Å². The Morgan fingerprint density at radius 2 is 2.09 bits per heavy atom. The number of hydrogen-bond acceptors (Lipinski definition) is 6. The Labute approximate surface area is 138 Å². The van der Waals surface area contributed by atoms with Gasteiger partial charge in [0.1, 0.15) is 16.2 Å². The SMILES string of the molecule is CCc1cc2c(SCC(=O)N3CCN(C)CC3)ncnc2s1. The van der Waals surface area contributed by atoms with E-state index >= 15 is 0 Å². The zero-order valence-corrected chi connectivity index (χ0v) is 14.5. The molecule has 0 aromatic carbocycles. The highest BCUT2D eigenvalue weighted by Crippen LogP contribution is 2.31. The van der Waals surface area contributed by atoms with Gasteiger partial charge in [-0.05, 0) is 19.5 Å². The van der Waals surface area contributed by atoms with Crippen LogP contribution in [0.5, 0.6) is 0 Å². The van der Waals surface area contributed by atoms with E-state index < -0.39 is 0 Å². The van der Waals surface area contributed by atoms with E-state index in [1.165, 1.54) is 16.6 Å². The number of nitrogens with zero attached hydrogens (tertiary/aromatic N) is 4. The van der Waals surface area contributed by atoms with Crippen LogP contribution in [0.25, 0.3) is 10.2 Å². The molecule has 7 heteroatoms. The summed E-state index contributed by atoms with van der Waals surface area (Å²) in [7, 11) is 2.09. The average molecular weight is 336 g/mol. The molecule has 2 aromatic rings. The molecule has 1 saturated heterocycles. The van der Waals surface area contributed by atoms with Crippen LogP contribution in [-0.2, 0) is 11.2 Å². The maximum absolute atomic E-state index is 12.3. The monoisotopic (exact) mass is 336 g/mol. The Morgan fingerprint density at radius 3 is 2.82 bits per heavy atom. The minimum atomic E-state index is 0.204. The number of carbonyl (C=O) groups is 1. The van der Waals surface area contributed by atoms with Gasteiger partial charge in [0.05, 0.1) is 5.75 Å². The summed E-state index contributed by atoms with van der Waals surface area (Å²) in [4.78, 5) is 27.5. The molecule has 1 fully saturated rings. The molecule has 1 aliphatic heterocycles. The summed E-state index contributed by atoms with van der Waals surface area (Å²) in [5.41, 5.74) is 0. The van der Waals surface area contributed by atoms with E-state index in [-0.39, 0.29) is 5.91 Å². The number of piperazine rings is 1. The van der Waals surface area contributed by atoms with Crippen LogP contribution in [0.1, 0.15) is 11.8 Å². The second kappa shape index (κ2) is 6.93. The summed E-state index contributed by atoms with van der Waals surface area (Å²) >= 11 is 3.24. The van der Waals surface area contributed by atoms with Gasteiger partial charge in [0.2, 0.25) is 5.91 Å². The number of aryl methyl sites for hydroxylation is 1. The van der Waals surface area contributed by atoms with Gasteiger partial charge in [-0.3, -0.25) is 4.79 Å². The predicted octanol–water partition coefficient (Wildman–Crippen LogP) is 2.12. The molecule has 0 unspecified atom stereocenters. The molecule has 3 heterocycles. The summed E-state index contributed by atoms with van der Waals surface area (Å²) in [5, 5.41) is 2.00. The zero-order valence-electron chi connectivity index (χ0n) is 12.9. The van der Waals surface area contributed by atoms with Crippen molar-refractivity contribution in [3.63, 3.8) is 0 Å². The largest absolute Gasteiger partial charge is 0.339 e. The summed E-state index contributed by atoms with van der Waals surface area (Å²) in [6.07, 6.45) is 2.60. The molecule has 0 atom stereocenters. The molecule has 0 radical (unpaired) electrons. The van der Waals surface area contributed by atoms with E-state index in [1.807, 2.05) is 4.90 Å². The summed E-state index contributed by atoms with van der Waals surface area (Å²) in [6, 6.07) is 2.16. The van der Waals surface area contributed by atoms with Crippen molar-refractivity contribution < 1.29 is 4.79 Å². The van der Waals surface area contributed by atoms with Crippen molar-refractivity contribution in [1.82, 2.24) is 19.8 Å². The minimum Gasteiger partial charge on any atom is -0.339 e. The van der Waals surface area contributed by atoms with Crippen LogP contribution in [0.4, 0.5) is 0 Å². The molecule has 118 valence electrons. The van der Waals surface area contributed by atoms with Gasteiger partial charge in [0.15, 0.2) is 0 Å². The number of likely N-dealkylation sites (N-methyl/N-ethyl adjacent to an activating group) is 1. The quantitative estimate of drug-likeness (QED) is 0.632. The van der Waals surface area contributed by atoms with Gasteiger partial charge in [-0.15, -0.1) is 11.3 Å². The number of rotatable bonds is 4. The summed E-state index contributed by atoms with van der Waals surface area (Å²) in [5.74, 6) is 0.656. The normalized spacial score (nSPS) is 16.4. The number of amides is 1. The zero-order chi connectivity index (χ0) is 15.5. The molecule has 1 amide bonds. The topological polar surface area (TPSA) is 49.3 Å². The highest BCUT2D eigenvalue weighted by atomic mass is 32.2. The first-order valence-electron chi connectivity index (χ1n) is 7.50. The van der Waals surface area contributed by atoms with Gasteiger partial charge < -0.3 is 9.80 Å². The lowest BCUT2D eigenvalue weighted by Crippen LogP contribution is -2.47. The first kappa shape index (κ1) is 15.7. The molecule has 0 bridgehead atoms. The van der Waals surface area contributed by atoms with Crippen molar-refractivity contribution in [3.8, 4) is 0 Å². The Balaban J connectivity index is 1.66. The third kappa shape index (κ3) is 3.42. The van der Waals surface area contributed by atoms with Crippen LogP contribution in [0.2, 0.25) is 0 Å². The molecular weight excluding hydrogens is 316 g/mol. The fourth-order valence-electron chi connectivity index (χ4n) is 2.45. The molecule has 3 rings (SSSR count). The molecule has 5 nitrogen and oxygen atoms in total. The van der Waals surface area contributed by atoms with E-state index in [2.05, 4.69) is 34.9 Å². The molecule has 1 aliphatic rings. The van der Waals surface area contributed by atoms with Crippen LogP contribution in [-0.4, -0.2) is 64.7 Å². The lowest BCUT2D eigenvalue weighted by molar-refractivity contribution is -0.129. The second-order valence-corrected chi connectivity index (χ2v) is 7.52. The standard InChI is InChI=1S/C15H20N4OS2/c1-3-11-8-12-14(16-10-17-15(12)22-11)21-9-13(20)19-6-4-18(2)5-7-19/h8,10H,3-7,9H2,1-2H3. The summed E-state index contributed by atoms with van der Waals surface area (Å²) in [6.45, 7) is 5.71. The van der Waals surface area contributed by atoms with Crippen molar-refractivity contribution in [2.75, 3.05) is 39.0 Å². The van der Waals surface area contributed by atoms with Crippen LogP contribution >= 0.6 is 23.1 Å². The smallest absolute Gasteiger partial charge is 0.233 e. The van der Waals surface area contributed by atoms with Crippen LogP contribution in [0.3, 0.4) is 0 Å². The highest BCUT2D eigenvalue weighted by molar-refractivity contribution is 8.00. The lowest BCUT2D eigenvalue weighted by atomic mass is 10.3. The Kier molecular flexibility index (Phi) is 4.95. The van der Waals surface area contributed by atoms with Gasteiger partial charge in [-0.25, -0.2) is 9.97 Å². The van der Waals surface area contributed by atoms with Crippen LogP contribution in [0, 0.1) is 0 Å². The molecule has 0 aliphatic carbocycles. The van der Waals surface area contributed by atoms with E-state index in [0.717, 1.165) is 47.8 Å². The maximum atomic E-state index is 12.3. The Bertz CT molecular complexity index is 665. The fraction of sp³-hybridized carbons (Fsp3) is 0.533. The fourth-order valence-corrected chi connectivity index (χ4v) is 4.33. The number of aromatic nitrogens is 2. The third-order valence-corrected chi connectivity index (χ3v) is 6.06. The Morgan fingerprint density at radius 1 is 1.32 bits per heavy atom. The number of thiophene rings is 1. The van der Waals surface area contributed by atoms with Crippen molar-refractivity contribution in [3.05, 3.63) is 17.3 Å². The number of carbonyl (C=O) groups excluding carboxylic acids is 1. The van der Waals surface area contributed by atoms with E-state index in [9.17, 15) is 4.79 Å². The van der Waals surface area contributed by atoms with E-state index in [1.54, 1.807) is 17.7 Å². The molecule has 2 aromatic heterocycles. The van der Waals surface area contributed by atoms with Gasteiger partial charge in [0, 0.05) is 36.4 Å². The third-order valence-electron chi connectivity index (χ3n) is 3.88. The van der Waals surface area contributed by atoms with Gasteiger partial charge in [-0.1, -0.05) is 18.7 Å². The summed E-state index contributed by atoms with van der Waals surface area (Å²) < 4.78 is 0. The molecule has 0 spiro atoms. The number of hydrogen-bond donors (Lipinski definition) is 0. The number of thioether (sulfide) groups is 1. The van der Waals surface area contributed by atoms with Crippen LogP contribution in [0.15, 0.2) is 17.4 Å². The molecule has 0 saturated carbocycles. The van der Waals surface area contributed by atoms with Gasteiger partial charge in [0.25, 0.3) is 0 Å². The first-order valence-corrected chi connectivity index (χ1v) is 9.30. The number of fused-ring (bicyclic) bond motifs is 1. The van der Waals surface area contributed by atoms with E-state index in [4.69, 9.17) is 0 Å². The highest BCUT2D eigenvalue weighted by Gasteiger charge is 2.19. The maximum Gasteiger partial charge on any atom is 0.233 e. The minimum absolute atomic E-state index is 0.204. The van der Waals surface area contributed by atoms with Crippen molar-refractivity contribution in [2.24, 2.45) is 0 Å². The first-order chi connectivity index (χ1) is 10.7. The van der Waals surface area contributed by atoms with Gasteiger partial charge in [-0.2, -0.15) is 0 Å². The molecule has 0 N–H and O–H groups in total. The Hall–Kier alpha value is -1.18. The van der Waals surface area contributed by atoms with Crippen molar-refractivity contribution in [1.29, 1.82) is 0 Å². The molecule has 22 heavy (non-hydrogen) atoms. The van der Waals surface area contributed by atoms with Gasteiger partial charge >= 0.3 is 0 Å². The average Bonchev–Trinajstić information content (AvgIpc) is 2.97. The van der Waals surface area contributed by atoms with Crippen molar-refractivity contribution >= 4 is 39.2 Å². The van der Waals surface area contributed by atoms with E-state index in [0.29, 0.717) is 5.75 Å².